The first-order valence-corrected chi connectivity index (χ1v) is 10.0. The van der Waals surface area contributed by atoms with Crippen molar-refractivity contribution in [2.75, 3.05) is 0 Å². The maximum atomic E-state index is 13.4. The molecule has 1 amide bonds. The molecule has 0 saturated carbocycles. The van der Waals surface area contributed by atoms with E-state index in [2.05, 4.69) is 15.3 Å². The molecule has 0 spiro atoms. The summed E-state index contributed by atoms with van der Waals surface area (Å²) >= 11 is 2.92. The van der Waals surface area contributed by atoms with Crippen LogP contribution in [0.3, 0.4) is 0 Å². The van der Waals surface area contributed by atoms with E-state index in [0.717, 1.165) is 9.88 Å². The lowest BCUT2D eigenvalue weighted by Gasteiger charge is -2.10. The highest BCUT2D eigenvalue weighted by atomic mass is 32.1. The van der Waals surface area contributed by atoms with E-state index >= 15 is 0 Å². The first-order valence-electron chi connectivity index (χ1n) is 8.34. The Morgan fingerprint density at radius 1 is 1.14 bits per heavy atom. The van der Waals surface area contributed by atoms with Crippen LogP contribution in [0, 0.1) is 5.82 Å². The van der Waals surface area contributed by atoms with Crippen molar-refractivity contribution < 1.29 is 13.9 Å². The van der Waals surface area contributed by atoms with Crippen molar-refractivity contribution in [2.45, 2.75) is 6.54 Å². The molecular formula is C20H14FN3O2S2. The third kappa shape index (κ3) is 4.24. The topological polar surface area (TPSA) is 64.1 Å². The lowest BCUT2D eigenvalue weighted by Crippen LogP contribution is -2.22. The molecule has 0 unspecified atom stereocenters. The number of ether oxygens (including phenoxy) is 1. The zero-order chi connectivity index (χ0) is 19.3. The zero-order valence-electron chi connectivity index (χ0n) is 14.5. The van der Waals surface area contributed by atoms with Crippen LogP contribution in [0.5, 0.6) is 11.6 Å². The van der Waals surface area contributed by atoms with Gasteiger partial charge >= 0.3 is 0 Å². The van der Waals surface area contributed by atoms with E-state index in [1.165, 1.54) is 23.5 Å². The first kappa shape index (κ1) is 18.3. The number of nitrogens with one attached hydrogen (secondary N) is 1. The number of amides is 1. The number of rotatable bonds is 6. The van der Waals surface area contributed by atoms with Gasteiger partial charge < -0.3 is 10.1 Å². The fraction of sp³-hybridized carbons (Fsp3) is 0.0500. The Hall–Kier alpha value is -3.10. The zero-order valence-corrected chi connectivity index (χ0v) is 16.1. The molecule has 1 N–H and O–H groups in total. The molecule has 0 bridgehead atoms. The van der Waals surface area contributed by atoms with Crippen molar-refractivity contribution in [2.24, 2.45) is 0 Å². The Kier molecular flexibility index (Phi) is 5.41. The highest BCUT2D eigenvalue weighted by Gasteiger charge is 2.14. The molecule has 8 heteroatoms. The van der Waals surface area contributed by atoms with Crippen LogP contribution in [0.1, 0.15) is 15.2 Å². The second kappa shape index (κ2) is 8.28. The molecule has 0 saturated heterocycles. The molecule has 4 aromatic rings. The van der Waals surface area contributed by atoms with Gasteiger partial charge in [0, 0.05) is 24.4 Å². The second-order valence-electron chi connectivity index (χ2n) is 5.72. The Bertz CT molecular complexity index is 1100. The Balaban J connectivity index is 1.44. The molecule has 5 nitrogen and oxygen atoms in total. The number of carbonyl (C=O) groups is 1. The minimum atomic E-state index is -0.393. The van der Waals surface area contributed by atoms with Gasteiger partial charge in [0.15, 0.2) is 0 Å². The second-order valence-corrected chi connectivity index (χ2v) is 7.70. The van der Waals surface area contributed by atoms with Gasteiger partial charge in [-0.05, 0) is 29.6 Å². The van der Waals surface area contributed by atoms with E-state index in [1.807, 2.05) is 17.5 Å². The minimum absolute atomic E-state index is 0.221. The van der Waals surface area contributed by atoms with Gasteiger partial charge in [-0.2, -0.15) is 0 Å². The normalized spacial score (nSPS) is 10.6. The van der Waals surface area contributed by atoms with E-state index < -0.39 is 5.82 Å². The number of hydrogen-bond acceptors (Lipinski definition) is 6. The average molecular weight is 411 g/mol. The molecule has 0 fully saturated rings. The van der Waals surface area contributed by atoms with Gasteiger partial charge in [0.2, 0.25) is 5.88 Å². The van der Waals surface area contributed by atoms with Crippen LogP contribution in [-0.2, 0) is 6.54 Å². The third-order valence-electron chi connectivity index (χ3n) is 3.76. The average Bonchev–Trinajstić information content (AvgIpc) is 3.39. The van der Waals surface area contributed by atoms with Gasteiger partial charge in [-0.15, -0.1) is 22.7 Å². The molecular weight excluding hydrogens is 397 g/mol. The number of nitrogens with zero attached hydrogens (tertiary/aromatic N) is 2. The largest absolute Gasteiger partial charge is 0.439 e. The van der Waals surface area contributed by atoms with E-state index in [-0.39, 0.29) is 12.5 Å². The molecule has 0 radical (unpaired) electrons. The lowest BCUT2D eigenvalue weighted by molar-refractivity contribution is 0.0954. The van der Waals surface area contributed by atoms with Crippen LogP contribution in [0.25, 0.3) is 9.88 Å². The number of benzene rings is 1. The van der Waals surface area contributed by atoms with Crippen LogP contribution in [0.2, 0.25) is 0 Å². The predicted molar refractivity (Wildman–Crippen MR) is 107 cm³/mol. The number of hydrogen-bond donors (Lipinski definition) is 1. The standard InChI is InChI=1S/C20H14FN3O2S2/c21-14-5-1-6-15(10-14)26-19-13(4-2-8-22-19)11-23-18(25)17-12-24-20(28-17)16-7-3-9-27-16/h1-10,12H,11H2,(H,23,25). The molecule has 0 atom stereocenters. The Morgan fingerprint density at radius 2 is 2.07 bits per heavy atom. The summed E-state index contributed by atoms with van der Waals surface area (Å²) < 4.78 is 19.0. The molecule has 140 valence electrons. The molecule has 4 rings (SSSR count). The molecule has 0 aliphatic carbocycles. The monoisotopic (exact) mass is 411 g/mol. The minimum Gasteiger partial charge on any atom is -0.439 e. The summed E-state index contributed by atoms with van der Waals surface area (Å²) in [7, 11) is 0. The highest BCUT2D eigenvalue weighted by molar-refractivity contribution is 7.21. The highest BCUT2D eigenvalue weighted by Crippen LogP contribution is 2.29. The number of thiazole rings is 1. The summed E-state index contributed by atoms with van der Waals surface area (Å²) in [6.07, 6.45) is 3.15. The quantitative estimate of drug-likeness (QED) is 0.478. The Morgan fingerprint density at radius 3 is 2.89 bits per heavy atom. The summed E-state index contributed by atoms with van der Waals surface area (Å²) in [5, 5.41) is 5.64. The molecule has 3 heterocycles. The molecule has 0 aliphatic rings. The molecule has 1 aromatic carbocycles. The van der Waals surface area contributed by atoms with Crippen LogP contribution < -0.4 is 10.1 Å². The maximum absolute atomic E-state index is 13.4. The number of aromatic nitrogens is 2. The summed E-state index contributed by atoms with van der Waals surface area (Å²) in [5.41, 5.74) is 0.683. The number of pyridine rings is 1. The summed E-state index contributed by atoms with van der Waals surface area (Å²) in [4.78, 5) is 22.5. The van der Waals surface area contributed by atoms with Crippen molar-refractivity contribution >= 4 is 28.6 Å². The third-order valence-corrected chi connectivity index (χ3v) is 5.80. The first-order chi connectivity index (χ1) is 13.7. The fourth-order valence-electron chi connectivity index (χ4n) is 2.45. The predicted octanol–water partition coefficient (Wildman–Crippen LogP) is 5.13. The lowest BCUT2D eigenvalue weighted by atomic mass is 10.2. The van der Waals surface area contributed by atoms with Gasteiger partial charge in [-0.25, -0.2) is 14.4 Å². The van der Waals surface area contributed by atoms with Gasteiger partial charge in [0.25, 0.3) is 5.91 Å². The smallest absolute Gasteiger partial charge is 0.263 e. The van der Waals surface area contributed by atoms with E-state index in [1.54, 1.807) is 48.0 Å². The fourth-order valence-corrected chi connectivity index (χ4v) is 4.08. The van der Waals surface area contributed by atoms with Gasteiger partial charge in [-0.1, -0.05) is 18.2 Å². The number of carbonyl (C=O) groups excluding carboxylic acids is 1. The number of halogens is 1. The molecule has 0 aliphatic heterocycles. The van der Waals surface area contributed by atoms with Crippen LogP contribution in [0.15, 0.2) is 66.3 Å². The summed E-state index contributed by atoms with van der Waals surface area (Å²) in [6.45, 7) is 0.226. The maximum Gasteiger partial charge on any atom is 0.263 e. The number of thiophene rings is 1. The summed E-state index contributed by atoms with van der Waals surface area (Å²) in [5.74, 6) is 0.0437. The van der Waals surface area contributed by atoms with Gasteiger partial charge in [0.1, 0.15) is 21.5 Å². The van der Waals surface area contributed by atoms with E-state index in [4.69, 9.17) is 4.74 Å². The van der Waals surface area contributed by atoms with Crippen molar-refractivity contribution in [1.29, 1.82) is 0 Å². The molecule has 28 heavy (non-hydrogen) atoms. The van der Waals surface area contributed by atoms with E-state index in [9.17, 15) is 9.18 Å². The van der Waals surface area contributed by atoms with Crippen molar-refractivity contribution in [3.8, 4) is 21.5 Å². The SMILES string of the molecule is O=C(NCc1cccnc1Oc1cccc(F)c1)c1cnc(-c2cccs2)s1. The van der Waals surface area contributed by atoms with Gasteiger partial charge in [0.05, 0.1) is 11.1 Å². The summed E-state index contributed by atoms with van der Waals surface area (Å²) in [6, 6.07) is 13.3. The van der Waals surface area contributed by atoms with Crippen molar-refractivity contribution in [3.63, 3.8) is 0 Å². The van der Waals surface area contributed by atoms with Crippen LogP contribution in [-0.4, -0.2) is 15.9 Å². The van der Waals surface area contributed by atoms with E-state index in [0.29, 0.717) is 22.1 Å². The van der Waals surface area contributed by atoms with Crippen LogP contribution in [0.4, 0.5) is 4.39 Å². The van der Waals surface area contributed by atoms with Crippen molar-refractivity contribution in [1.82, 2.24) is 15.3 Å². The van der Waals surface area contributed by atoms with Crippen molar-refractivity contribution in [3.05, 3.63) is 82.6 Å². The van der Waals surface area contributed by atoms with Gasteiger partial charge in [-0.3, -0.25) is 4.79 Å². The Labute approximate surface area is 168 Å². The van der Waals surface area contributed by atoms with Crippen LogP contribution >= 0.6 is 22.7 Å². The molecule has 3 aromatic heterocycles.